The molecule has 0 spiro atoms. The van der Waals surface area contributed by atoms with Crippen LogP contribution >= 0.6 is 0 Å². The number of hydrogen-bond acceptors (Lipinski definition) is 7. The highest BCUT2D eigenvalue weighted by atomic mass is 19.1. The van der Waals surface area contributed by atoms with Gasteiger partial charge in [-0.1, -0.05) is 19.9 Å². The zero-order chi connectivity index (χ0) is 26.5. The smallest absolute Gasteiger partial charge is 0.229 e. The minimum absolute atomic E-state index is 0.00270. The van der Waals surface area contributed by atoms with Gasteiger partial charge < -0.3 is 10.4 Å². The summed E-state index contributed by atoms with van der Waals surface area (Å²) < 4.78 is 31.5. The fourth-order valence-electron chi connectivity index (χ4n) is 5.07. The van der Waals surface area contributed by atoms with Crippen molar-refractivity contribution in [3.8, 4) is 11.3 Å². The Balaban J connectivity index is 1.43. The van der Waals surface area contributed by atoms with Gasteiger partial charge in [-0.05, 0) is 43.5 Å². The second-order valence-corrected chi connectivity index (χ2v) is 10.6. The van der Waals surface area contributed by atoms with Crippen molar-refractivity contribution in [2.75, 3.05) is 18.4 Å². The van der Waals surface area contributed by atoms with Crippen LogP contribution in [0.1, 0.15) is 50.6 Å². The fourth-order valence-corrected chi connectivity index (χ4v) is 5.07. The molecule has 8 nitrogen and oxygen atoms in total. The Bertz CT molecular complexity index is 1480. The molecule has 1 aliphatic rings. The van der Waals surface area contributed by atoms with Gasteiger partial charge in [0.1, 0.15) is 17.0 Å². The maximum absolute atomic E-state index is 15.0. The van der Waals surface area contributed by atoms with E-state index in [2.05, 4.69) is 25.3 Å². The normalized spacial score (nSPS) is 14.4. The van der Waals surface area contributed by atoms with Gasteiger partial charge in [0.2, 0.25) is 5.95 Å². The van der Waals surface area contributed by atoms with Crippen LogP contribution in [0.4, 0.5) is 20.5 Å². The highest BCUT2D eigenvalue weighted by Crippen LogP contribution is 2.32. The Morgan fingerprint density at radius 2 is 1.92 bits per heavy atom. The lowest BCUT2D eigenvalue weighted by molar-refractivity contribution is 0.0315. The summed E-state index contributed by atoms with van der Waals surface area (Å²) in [6.07, 6.45) is 1.82. The first-order valence-corrected chi connectivity index (χ1v) is 12.4. The van der Waals surface area contributed by atoms with E-state index < -0.39 is 17.2 Å². The van der Waals surface area contributed by atoms with E-state index in [1.54, 1.807) is 31.6 Å². The molecule has 0 fully saturated rings. The lowest BCUT2D eigenvalue weighted by Gasteiger charge is -2.32. The molecule has 0 radical (unpaired) electrons. The molecular weight excluding hydrogens is 476 g/mol. The van der Waals surface area contributed by atoms with Gasteiger partial charge in [-0.25, -0.2) is 23.7 Å². The Morgan fingerprint density at radius 3 is 2.65 bits per heavy atom. The Morgan fingerprint density at radius 1 is 1.14 bits per heavy atom. The minimum atomic E-state index is -0.759. The average Bonchev–Trinajstić information content (AvgIpc) is 3.16. The number of benzene rings is 1. The van der Waals surface area contributed by atoms with Gasteiger partial charge in [0.15, 0.2) is 11.6 Å². The number of anilines is 2. The van der Waals surface area contributed by atoms with Gasteiger partial charge in [-0.2, -0.15) is 5.10 Å². The summed E-state index contributed by atoms with van der Waals surface area (Å²) in [5.74, 6) is -0.362. The van der Waals surface area contributed by atoms with Gasteiger partial charge in [-0.15, -0.1) is 0 Å². The van der Waals surface area contributed by atoms with Gasteiger partial charge in [0.25, 0.3) is 0 Å². The first kappa shape index (κ1) is 25.2. The van der Waals surface area contributed by atoms with Gasteiger partial charge in [0, 0.05) is 55.4 Å². The Labute approximate surface area is 214 Å². The van der Waals surface area contributed by atoms with Crippen molar-refractivity contribution in [2.24, 2.45) is 7.05 Å². The first-order valence-electron chi connectivity index (χ1n) is 12.4. The SMILES string of the molecule is CC(C)c1c2cc(-c3nc(Nc4ccc5c(n4)CCN(CC(C)(C)O)C5)ncc3F)cc(F)c2nn1C. The lowest BCUT2D eigenvalue weighted by atomic mass is 10.0. The van der Waals surface area contributed by atoms with Crippen LogP contribution in [0.3, 0.4) is 0 Å². The van der Waals surface area contributed by atoms with Crippen LogP contribution in [0.15, 0.2) is 30.5 Å². The number of aromatic nitrogens is 5. The molecule has 0 unspecified atom stereocenters. The van der Waals surface area contributed by atoms with Crippen molar-refractivity contribution in [2.45, 2.75) is 52.2 Å². The predicted molar refractivity (Wildman–Crippen MR) is 139 cm³/mol. The number of β-amino-alcohol motifs (C(OH)–C–C–N with tert-alkyl or cyclic N) is 1. The number of pyridine rings is 1. The van der Waals surface area contributed by atoms with E-state index in [1.807, 2.05) is 26.0 Å². The molecule has 3 aromatic heterocycles. The number of nitrogens with one attached hydrogen (secondary N) is 1. The van der Waals surface area contributed by atoms with E-state index in [0.717, 1.165) is 36.1 Å². The van der Waals surface area contributed by atoms with Crippen LogP contribution in [0.25, 0.3) is 22.2 Å². The molecule has 4 aromatic rings. The minimum Gasteiger partial charge on any atom is -0.389 e. The molecule has 0 saturated heterocycles. The van der Waals surface area contributed by atoms with E-state index in [1.165, 1.54) is 6.07 Å². The molecule has 2 N–H and O–H groups in total. The number of hydrogen-bond donors (Lipinski definition) is 2. The van der Waals surface area contributed by atoms with Crippen LogP contribution < -0.4 is 5.32 Å². The summed E-state index contributed by atoms with van der Waals surface area (Å²) in [6.45, 7) is 9.71. The summed E-state index contributed by atoms with van der Waals surface area (Å²) in [4.78, 5) is 15.4. The highest BCUT2D eigenvalue weighted by Gasteiger charge is 2.24. The summed E-state index contributed by atoms with van der Waals surface area (Å²) in [5, 5.41) is 18.1. The monoisotopic (exact) mass is 507 g/mol. The third kappa shape index (κ3) is 5.17. The van der Waals surface area contributed by atoms with Crippen molar-refractivity contribution in [3.63, 3.8) is 0 Å². The van der Waals surface area contributed by atoms with Crippen LogP contribution in [-0.2, 0) is 20.0 Å². The Hall–Kier alpha value is -3.50. The molecule has 10 heteroatoms. The first-order chi connectivity index (χ1) is 17.5. The molecule has 5 rings (SSSR count). The lowest BCUT2D eigenvalue weighted by Crippen LogP contribution is -2.41. The highest BCUT2D eigenvalue weighted by molar-refractivity contribution is 5.87. The maximum Gasteiger partial charge on any atom is 0.229 e. The molecule has 4 heterocycles. The molecule has 0 bridgehead atoms. The largest absolute Gasteiger partial charge is 0.389 e. The number of nitrogens with zero attached hydrogens (tertiary/aromatic N) is 6. The third-order valence-corrected chi connectivity index (χ3v) is 6.48. The van der Waals surface area contributed by atoms with Crippen molar-refractivity contribution in [1.82, 2.24) is 29.6 Å². The number of fused-ring (bicyclic) bond motifs is 2. The van der Waals surface area contributed by atoms with E-state index >= 15 is 0 Å². The van der Waals surface area contributed by atoms with E-state index in [9.17, 15) is 13.9 Å². The van der Waals surface area contributed by atoms with Gasteiger partial charge in [-0.3, -0.25) is 9.58 Å². The quantitative estimate of drug-likeness (QED) is 0.391. The topological polar surface area (TPSA) is 92.0 Å². The molecule has 194 valence electrons. The number of aliphatic hydroxyl groups is 1. The van der Waals surface area contributed by atoms with Crippen molar-refractivity contribution < 1.29 is 13.9 Å². The summed E-state index contributed by atoms with van der Waals surface area (Å²) >= 11 is 0. The van der Waals surface area contributed by atoms with Crippen molar-refractivity contribution >= 4 is 22.7 Å². The Kier molecular flexibility index (Phi) is 6.41. The zero-order valence-electron chi connectivity index (χ0n) is 21.7. The molecule has 0 saturated carbocycles. The maximum atomic E-state index is 15.0. The second kappa shape index (κ2) is 9.42. The molecule has 1 aromatic carbocycles. The van der Waals surface area contributed by atoms with Crippen LogP contribution in [-0.4, -0.2) is 53.4 Å². The molecule has 0 amide bonds. The molecule has 0 aliphatic carbocycles. The molecular formula is C27H31F2N7O. The number of rotatable bonds is 6. The summed E-state index contributed by atoms with van der Waals surface area (Å²) in [5.41, 5.74) is 2.73. The van der Waals surface area contributed by atoms with Crippen molar-refractivity contribution in [1.29, 1.82) is 0 Å². The summed E-state index contributed by atoms with van der Waals surface area (Å²) in [7, 11) is 1.78. The third-order valence-electron chi connectivity index (χ3n) is 6.48. The van der Waals surface area contributed by atoms with Gasteiger partial charge >= 0.3 is 0 Å². The van der Waals surface area contributed by atoms with Crippen LogP contribution in [0.5, 0.6) is 0 Å². The van der Waals surface area contributed by atoms with Crippen molar-refractivity contribution in [3.05, 3.63) is 59.0 Å². The average molecular weight is 508 g/mol. The molecule has 0 atom stereocenters. The second-order valence-electron chi connectivity index (χ2n) is 10.6. The fraction of sp³-hybridized carbons (Fsp3) is 0.407. The standard InChI is InChI=1S/C27H31F2N7O/c1-15(2)25-18-10-17(11-19(28)24(18)34-35(25)5)23-20(29)12-30-26(33-23)32-22-7-6-16-13-36(14-27(3,4)37)9-8-21(16)31-22/h6-7,10-12,15,37H,8-9,13-14H2,1-5H3,(H,30,31,32,33). The van der Waals surface area contributed by atoms with E-state index in [0.29, 0.717) is 29.9 Å². The molecule has 37 heavy (non-hydrogen) atoms. The predicted octanol–water partition coefficient (Wildman–Crippen LogP) is 4.70. The van der Waals surface area contributed by atoms with Crippen LogP contribution in [0, 0.1) is 11.6 Å². The van der Waals surface area contributed by atoms with Crippen LogP contribution in [0.2, 0.25) is 0 Å². The molecule has 1 aliphatic heterocycles. The van der Waals surface area contributed by atoms with E-state index in [-0.39, 0.29) is 23.1 Å². The number of aryl methyl sites for hydroxylation is 1. The van der Waals surface area contributed by atoms with Gasteiger partial charge in [0.05, 0.1) is 11.8 Å². The zero-order valence-corrected chi connectivity index (χ0v) is 21.7. The van der Waals surface area contributed by atoms with E-state index in [4.69, 9.17) is 4.98 Å². The summed E-state index contributed by atoms with van der Waals surface area (Å²) in [6, 6.07) is 6.80. The number of halogens is 2.